The molecule has 0 aliphatic carbocycles. The lowest BCUT2D eigenvalue weighted by Gasteiger charge is -2.40. The highest BCUT2D eigenvalue weighted by Gasteiger charge is 2.46. The number of thioether (sulfide) groups is 1. The fourth-order valence-corrected chi connectivity index (χ4v) is 5.17. The summed E-state index contributed by atoms with van der Waals surface area (Å²) in [6, 6.07) is 14.0. The highest BCUT2D eigenvalue weighted by atomic mass is 79.9. The van der Waals surface area contributed by atoms with Crippen molar-refractivity contribution in [3.63, 3.8) is 0 Å². The summed E-state index contributed by atoms with van der Waals surface area (Å²) in [6.45, 7) is 6.14. The molecule has 2 aliphatic rings. The third-order valence-electron chi connectivity index (χ3n) is 5.02. The lowest BCUT2D eigenvalue weighted by Crippen LogP contribution is -2.54. The van der Waals surface area contributed by atoms with E-state index in [0.29, 0.717) is 37.7 Å². The molecular formula is C21H22BrNO3S. The number of fused-ring (bicyclic) bond motifs is 1. The molecule has 1 saturated heterocycles. The number of rotatable bonds is 4. The first-order valence-electron chi connectivity index (χ1n) is 9.09. The number of morpholine rings is 1. The van der Waals surface area contributed by atoms with E-state index in [1.807, 2.05) is 37.3 Å². The summed E-state index contributed by atoms with van der Waals surface area (Å²) in [4.78, 5) is 17.1. The number of benzene rings is 2. The van der Waals surface area contributed by atoms with Gasteiger partial charge in [-0.1, -0.05) is 34.1 Å². The second-order valence-electron chi connectivity index (χ2n) is 7.01. The van der Waals surface area contributed by atoms with E-state index in [4.69, 9.17) is 9.47 Å². The monoisotopic (exact) mass is 447 g/mol. The fourth-order valence-electron chi connectivity index (χ4n) is 3.52. The van der Waals surface area contributed by atoms with Crippen LogP contribution in [0.2, 0.25) is 0 Å². The largest absolute Gasteiger partial charge is 0.491 e. The quantitative estimate of drug-likeness (QED) is 0.701. The van der Waals surface area contributed by atoms with Crippen molar-refractivity contribution < 1.29 is 14.3 Å². The highest BCUT2D eigenvalue weighted by molar-refractivity contribution is 9.10. The Morgan fingerprint density at radius 1 is 1.19 bits per heavy atom. The summed E-state index contributed by atoms with van der Waals surface area (Å²) in [5.74, 6) is 0.830. The molecule has 6 heteroatoms. The minimum absolute atomic E-state index is 0.143. The lowest BCUT2D eigenvalue weighted by atomic mass is 9.92. The molecule has 0 saturated carbocycles. The van der Waals surface area contributed by atoms with Crippen LogP contribution in [-0.4, -0.2) is 54.9 Å². The summed E-state index contributed by atoms with van der Waals surface area (Å²) in [5.41, 5.74) is 1.73. The van der Waals surface area contributed by atoms with Crippen LogP contribution in [0, 0.1) is 6.92 Å². The standard InChI is InChI=1S/C21H22BrNO3S/c1-15-11-19-17(12-18(15)22)20(24)21(14-26-19,13-23-7-9-25-10-8-23)27-16-5-3-2-4-6-16/h2-6,11-12H,7-10,13-14H2,1H3. The topological polar surface area (TPSA) is 38.8 Å². The van der Waals surface area contributed by atoms with Crippen molar-refractivity contribution >= 4 is 33.5 Å². The average Bonchev–Trinajstić information content (AvgIpc) is 2.68. The second kappa shape index (κ2) is 7.95. The molecule has 2 aromatic carbocycles. The maximum atomic E-state index is 13.7. The number of halogens is 1. The van der Waals surface area contributed by atoms with Gasteiger partial charge in [0.15, 0.2) is 5.78 Å². The van der Waals surface area contributed by atoms with E-state index < -0.39 is 4.75 Å². The van der Waals surface area contributed by atoms with Crippen LogP contribution in [0.4, 0.5) is 0 Å². The number of hydrogen-bond acceptors (Lipinski definition) is 5. The van der Waals surface area contributed by atoms with Gasteiger partial charge in [0.1, 0.15) is 17.1 Å². The van der Waals surface area contributed by atoms with E-state index in [1.165, 1.54) is 0 Å². The molecule has 0 radical (unpaired) electrons. The van der Waals surface area contributed by atoms with Crippen LogP contribution in [0.3, 0.4) is 0 Å². The number of nitrogens with zero attached hydrogens (tertiary/aromatic N) is 1. The molecule has 0 N–H and O–H groups in total. The zero-order valence-corrected chi connectivity index (χ0v) is 17.6. The van der Waals surface area contributed by atoms with E-state index in [9.17, 15) is 4.79 Å². The van der Waals surface area contributed by atoms with Gasteiger partial charge >= 0.3 is 0 Å². The molecule has 2 aromatic rings. The SMILES string of the molecule is Cc1cc2c(cc1Br)C(=O)C(CN1CCOCC1)(Sc1ccccc1)CO2. The molecular weight excluding hydrogens is 426 g/mol. The zero-order chi connectivity index (χ0) is 18.9. The molecule has 27 heavy (non-hydrogen) atoms. The molecule has 2 heterocycles. The summed E-state index contributed by atoms with van der Waals surface area (Å²) in [7, 11) is 0. The molecule has 2 aliphatic heterocycles. The van der Waals surface area contributed by atoms with Crippen molar-refractivity contribution in [2.45, 2.75) is 16.6 Å². The Morgan fingerprint density at radius 3 is 2.67 bits per heavy atom. The fraction of sp³-hybridized carbons (Fsp3) is 0.381. The van der Waals surface area contributed by atoms with E-state index >= 15 is 0 Å². The molecule has 142 valence electrons. The predicted molar refractivity (Wildman–Crippen MR) is 111 cm³/mol. The van der Waals surface area contributed by atoms with E-state index in [2.05, 4.69) is 33.0 Å². The Balaban J connectivity index is 1.70. The van der Waals surface area contributed by atoms with Crippen molar-refractivity contribution in [2.75, 3.05) is 39.5 Å². The van der Waals surface area contributed by atoms with Gasteiger partial charge in [-0.3, -0.25) is 9.69 Å². The summed E-state index contributed by atoms with van der Waals surface area (Å²) >= 11 is 5.18. The second-order valence-corrected chi connectivity index (χ2v) is 9.32. The minimum atomic E-state index is -0.666. The normalized spacial score (nSPS) is 23.0. The van der Waals surface area contributed by atoms with Gasteiger partial charge in [0.25, 0.3) is 0 Å². The van der Waals surface area contributed by atoms with Crippen LogP contribution in [-0.2, 0) is 4.74 Å². The molecule has 1 atom stereocenters. The molecule has 4 nitrogen and oxygen atoms in total. The zero-order valence-electron chi connectivity index (χ0n) is 15.2. The number of Topliss-reactive ketones (excluding diaryl/α,β-unsaturated/α-hetero) is 1. The van der Waals surface area contributed by atoms with Gasteiger partial charge in [-0.25, -0.2) is 0 Å². The summed E-state index contributed by atoms with van der Waals surface area (Å²) in [5, 5.41) is 0. The van der Waals surface area contributed by atoms with Gasteiger partial charge in [0.05, 0.1) is 18.8 Å². The molecule has 0 spiro atoms. The Labute approximate surface area is 172 Å². The number of ether oxygens (including phenoxy) is 2. The van der Waals surface area contributed by atoms with Crippen LogP contribution in [0.25, 0.3) is 0 Å². The minimum Gasteiger partial charge on any atom is -0.491 e. The third-order valence-corrected chi connectivity index (χ3v) is 7.20. The lowest BCUT2D eigenvalue weighted by molar-refractivity contribution is 0.0287. The first-order chi connectivity index (χ1) is 13.1. The number of aryl methyl sites for hydroxylation is 1. The Bertz CT molecular complexity index is 839. The molecule has 4 rings (SSSR count). The Kier molecular flexibility index (Phi) is 5.60. The first-order valence-corrected chi connectivity index (χ1v) is 10.7. The van der Waals surface area contributed by atoms with E-state index in [0.717, 1.165) is 28.0 Å². The molecule has 1 unspecified atom stereocenters. The third kappa shape index (κ3) is 3.94. The van der Waals surface area contributed by atoms with Crippen LogP contribution in [0.1, 0.15) is 15.9 Å². The van der Waals surface area contributed by atoms with Crippen LogP contribution < -0.4 is 4.74 Å². The van der Waals surface area contributed by atoms with Crippen LogP contribution >= 0.6 is 27.7 Å². The van der Waals surface area contributed by atoms with Crippen molar-refractivity contribution in [3.05, 3.63) is 58.1 Å². The van der Waals surface area contributed by atoms with Gasteiger partial charge in [0, 0.05) is 29.0 Å². The van der Waals surface area contributed by atoms with E-state index in [-0.39, 0.29) is 5.78 Å². The van der Waals surface area contributed by atoms with Gasteiger partial charge in [-0.15, -0.1) is 11.8 Å². The Hall–Kier alpha value is -1.34. The average molecular weight is 448 g/mol. The maximum absolute atomic E-state index is 13.7. The molecule has 0 bridgehead atoms. The van der Waals surface area contributed by atoms with Crippen molar-refractivity contribution in [1.29, 1.82) is 0 Å². The number of carbonyl (C=O) groups excluding carboxylic acids is 1. The Morgan fingerprint density at radius 2 is 1.93 bits per heavy atom. The van der Waals surface area contributed by atoms with Gasteiger partial charge in [-0.05, 0) is 36.8 Å². The van der Waals surface area contributed by atoms with Gasteiger partial charge < -0.3 is 9.47 Å². The molecule has 1 fully saturated rings. The predicted octanol–water partition coefficient (Wildman–Crippen LogP) is 4.20. The van der Waals surface area contributed by atoms with E-state index in [1.54, 1.807) is 11.8 Å². The van der Waals surface area contributed by atoms with Crippen LogP contribution in [0.5, 0.6) is 5.75 Å². The molecule has 0 amide bonds. The molecule has 0 aromatic heterocycles. The maximum Gasteiger partial charge on any atom is 0.187 e. The number of carbonyl (C=O) groups is 1. The first kappa shape index (κ1) is 19.0. The van der Waals surface area contributed by atoms with Crippen molar-refractivity contribution in [2.24, 2.45) is 0 Å². The highest BCUT2D eigenvalue weighted by Crippen LogP contribution is 2.43. The van der Waals surface area contributed by atoms with Crippen molar-refractivity contribution in [1.82, 2.24) is 4.90 Å². The number of hydrogen-bond donors (Lipinski definition) is 0. The van der Waals surface area contributed by atoms with Crippen molar-refractivity contribution in [3.8, 4) is 5.75 Å². The smallest absolute Gasteiger partial charge is 0.187 e. The van der Waals surface area contributed by atoms with Crippen LogP contribution in [0.15, 0.2) is 51.8 Å². The number of ketones is 1. The summed E-state index contributed by atoms with van der Waals surface area (Å²) in [6.07, 6.45) is 0. The van der Waals surface area contributed by atoms with Gasteiger partial charge in [0.2, 0.25) is 0 Å². The summed E-state index contributed by atoms with van der Waals surface area (Å²) < 4.78 is 11.9. The van der Waals surface area contributed by atoms with Gasteiger partial charge in [-0.2, -0.15) is 0 Å².